The maximum Gasteiger partial charge on any atom is 0.294 e. The number of nitrogens with two attached hydrogens (primary N) is 1. The molecule has 0 bridgehead atoms. The molecule has 0 aliphatic carbocycles. The van der Waals surface area contributed by atoms with Gasteiger partial charge in [-0.05, 0) is 29.7 Å². The Labute approximate surface area is 130 Å². The van der Waals surface area contributed by atoms with Gasteiger partial charge in [-0.3, -0.25) is 9.35 Å². The van der Waals surface area contributed by atoms with Crippen LogP contribution in [0.25, 0.3) is 0 Å². The summed E-state index contributed by atoms with van der Waals surface area (Å²) in [5, 5.41) is 0. The maximum absolute atomic E-state index is 10.9. The highest BCUT2D eigenvalue weighted by Crippen LogP contribution is 2.18. The van der Waals surface area contributed by atoms with Crippen LogP contribution in [0.15, 0.2) is 59.5 Å². The maximum atomic E-state index is 10.9. The molecule has 2 aromatic carbocycles. The predicted molar refractivity (Wildman–Crippen MR) is 85.3 cm³/mol. The van der Waals surface area contributed by atoms with Crippen LogP contribution >= 0.6 is 0 Å². The minimum absolute atomic E-state index is 0.0741. The fourth-order valence-corrected chi connectivity index (χ4v) is 2.32. The van der Waals surface area contributed by atoms with Crippen LogP contribution in [-0.4, -0.2) is 18.9 Å². The van der Waals surface area contributed by atoms with E-state index in [0.29, 0.717) is 11.5 Å². The first kappa shape index (κ1) is 17.9. The SMILES string of the molecule is CC(C)c1ccccc1C(N)=O.O=S(=O)(O)c1ccccc1. The van der Waals surface area contributed by atoms with Crippen LogP contribution in [0, 0.1) is 0 Å². The van der Waals surface area contributed by atoms with Gasteiger partial charge in [0.2, 0.25) is 5.91 Å². The fraction of sp³-hybridized carbons (Fsp3) is 0.188. The van der Waals surface area contributed by atoms with E-state index in [0.717, 1.165) is 5.56 Å². The van der Waals surface area contributed by atoms with Crippen LogP contribution in [0.4, 0.5) is 0 Å². The second-order valence-corrected chi connectivity index (χ2v) is 6.32. The lowest BCUT2D eigenvalue weighted by Gasteiger charge is -2.08. The van der Waals surface area contributed by atoms with E-state index in [4.69, 9.17) is 10.3 Å². The Morgan fingerprint density at radius 2 is 1.50 bits per heavy atom. The van der Waals surface area contributed by atoms with E-state index in [9.17, 15) is 13.2 Å². The molecule has 3 N–H and O–H groups in total. The molecule has 0 aliphatic rings. The van der Waals surface area contributed by atoms with E-state index in [2.05, 4.69) is 0 Å². The normalized spacial score (nSPS) is 10.7. The van der Waals surface area contributed by atoms with Crippen LogP contribution in [0.2, 0.25) is 0 Å². The standard InChI is InChI=1S/C10H13NO.C6H6O3S/c1-7(2)8-5-3-4-6-9(8)10(11)12;7-10(8,9)6-4-2-1-3-5-6/h3-7H,1-2H3,(H2,11,12);1-5H,(H,7,8,9). The molecule has 2 rings (SSSR count). The highest BCUT2D eigenvalue weighted by Gasteiger charge is 2.09. The highest BCUT2D eigenvalue weighted by molar-refractivity contribution is 7.85. The van der Waals surface area contributed by atoms with E-state index < -0.39 is 10.1 Å². The van der Waals surface area contributed by atoms with Gasteiger partial charge in [-0.15, -0.1) is 0 Å². The smallest absolute Gasteiger partial charge is 0.294 e. The zero-order valence-electron chi connectivity index (χ0n) is 12.4. The highest BCUT2D eigenvalue weighted by atomic mass is 32.2. The number of amides is 1. The van der Waals surface area contributed by atoms with Gasteiger partial charge in [-0.1, -0.05) is 50.2 Å². The lowest BCUT2D eigenvalue weighted by molar-refractivity contribution is 0.0999. The van der Waals surface area contributed by atoms with Crippen molar-refractivity contribution >= 4 is 16.0 Å². The number of hydrogen-bond acceptors (Lipinski definition) is 3. The Kier molecular flexibility index (Phi) is 6.27. The van der Waals surface area contributed by atoms with Crippen LogP contribution in [0.1, 0.15) is 35.7 Å². The third-order valence-corrected chi connectivity index (χ3v) is 3.76. The molecular weight excluding hydrogens is 302 g/mol. The van der Waals surface area contributed by atoms with Crippen molar-refractivity contribution in [1.29, 1.82) is 0 Å². The molecule has 0 radical (unpaired) electrons. The molecule has 0 aliphatic heterocycles. The number of rotatable bonds is 3. The zero-order chi connectivity index (χ0) is 16.8. The van der Waals surface area contributed by atoms with Gasteiger partial charge in [-0.2, -0.15) is 8.42 Å². The average Bonchev–Trinajstić information content (AvgIpc) is 2.48. The predicted octanol–water partition coefficient (Wildman–Crippen LogP) is 2.84. The van der Waals surface area contributed by atoms with Gasteiger partial charge in [0.05, 0.1) is 4.90 Å². The molecule has 0 saturated carbocycles. The Morgan fingerprint density at radius 3 is 1.86 bits per heavy atom. The van der Waals surface area contributed by atoms with Crippen molar-refractivity contribution < 1.29 is 17.8 Å². The van der Waals surface area contributed by atoms with Crippen LogP contribution in [0.3, 0.4) is 0 Å². The monoisotopic (exact) mass is 321 g/mol. The number of hydrogen-bond donors (Lipinski definition) is 2. The second-order valence-electron chi connectivity index (χ2n) is 4.89. The minimum Gasteiger partial charge on any atom is -0.366 e. The molecule has 118 valence electrons. The Morgan fingerprint density at radius 1 is 1.00 bits per heavy atom. The largest absolute Gasteiger partial charge is 0.366 e. The van der Waals surface area contributed by atoms with Crippen LogP contribution in [0.5, 0.6) is 0 Å². The van der Waals surface area contributed by atoms with Crippen molar-refractivity contribution in [2.24, 2.45) is 5.73 Å². The first-order valence-electron chi connectivity index (χ1n) is 6.64. The quantitative estimate of drug-likeness (QED) is 0.849. The van der Waals surface area contributed by atoms with E-state index >= 15 is 0 Å². The molecule has 1 amide bonds. The number of primary amides is 1. The number of carbonyl (C=O) groups excluding carboxylic acids is 1. The summed E-state index contributed by atoms with van der Waals surface area (Å²) in [6.07, 6.45) is 0. The summed E-state index contributed by atoms with van der Waals surface area (Å²) < 4.78 is 29.2. The van der Waals surface area contributed by atoms with E-state index in [1.54, 1.807) is 24.3 Å². The molecule has 0 fully saturated rings. The molecule has 5 nitrogen and oxygen atoms in total. The van der Waals surface area contributed by atoms with E-state index in [1.807, 2.05) is 32.0 Å². The molecule has 2 aromatic rings. The van der Waals surface area contributed by atoms with Crippen molar-refractivity contribution in [3.8, 4) is 0 Å². The lowest BCUT2D eigenvalue weighted by atomic mass is 9.97. The summed E-state index contributed by atoms with van der Waals surface area (Å²) in [4.78, 5) is 10.9. The lowest BCUT2D eigenvalue weighted by Crippen LogP contribution is -2.14. The van der Waals surface area contributed by atoms with E-state index in [-0.39, 0.29) is 10.8 Å². The molecule has 0 aromatic heterocycles. The summed E-state index contributed by atoms with van der Waals surface area (Å²) in [5.41, 5.74) is 6.86. The van der Waals surface area contributed by atoms with Crippen molar-refractivity contribution in [1.82, 2.24) is 0 Å². The van der Waals surface area contributed by atoms with Crippen LogP contribution in [-0.2, 0) is 10.1 Å². The Bertz CT molecular complexity index is 725. The van der Waals surface area contributed by atoms with Crippen LogP contribution < -0.4 is 5.73 Å². The Hall–Kier alpha value is -2.18. The summed E-state index contributed by atoms with van der Waals surface area (Å²) in [6, 6.07) is 14.9. The van der Waals surface area contributed by atoms with Crippen molar-refractivity contribution in [3.05, 3.63) is 65.7 Å². The van der Waals surface area contributed by atoms with Gasteiger partial charge in [-0.25, -0.2) is 0 Å². The van der Waals surface area contributed by atoms with Crippen molar-refractivity contribution in [3.63, 3.8) is 0 Å². The molecule has 0 spiro atoms. The van der Waals surface area contributed by atoms with Gasteiger partial charge >= 0.3 is 0 Å². The molecule has 0 heterocycles. The number of carbonyl (C=O) groups is 1. The summed E-state index contributed by atoms with van der Waals surface area (Å²) in [7, 11) is -4.00. The summed E-state index contributed by atoms with van der Waals surface area (Å²) in [5.74, 6) is -0.00648. The fourth-order valence-electron chi connectivity index (χ4n) is 1.82. The first-order chi connectivity index (χ1) is 10.2. The second kappa shape index (κ2) is 7.72. The zero-order valence-corrected chi connectivity index (χ0v) is 13.2. The number of benzene rings is 2. The van der Waals surface area contributed by atoms with Crippen molar-refractivity contribution in [2.45, 2.75) is 24.7 Å². The van der Waals surface area contributed by atoms with Gasteiger partial charge in [0, 0.05) is 5.56 Å². The minimum atomic E-state index is -4.00. The summed E-state index contributed by atoms with van der Waals surface area (Å²) in [6.45, 7) is 4.09. The molecule has 0 saturated heterocycles. The topological polar surface area (TPSA) is 97.5 Å². The molecule has 0 atom stereocenters. The molecule has 6 heteroatoms. The first-order valence-corrected chi connectivity index (χ1v) is 8.08. The third kappa shape index (κ3) is 5.31. The Balaban J connectivity index is 0.000000224. The van der Waals surface area contributed by atoms with Gasteiger partial charge < -0.3 is 5.73 Å². The molecule has 0 unspecified atom stereocenters. The third-order valence-electron chi connectivity index (χ3n) is 2.89. The van der Waals surface area contributed by atoms with Gasteiger partial charge in [0.25, 0.3) is 10.1 Å². The van der Waals surface area contributed by atoms with Gasteiger partial charge in [0.15, 0.2) is 0 Å². The van der Waals surface area contributed by atoms with E-state index in [1.165, 1.54) is 12.1 Å². The van der Waals surface area contributed by atoms with Crippen molar-refractivity contribution in [2.75, 3.05) is 0 Å². The summed E-state index contributed by atoms with van der Waals surface area (Å²) >= 11 is 0. The average molecular weight is 321 g/mol. The molecule has 22 heavy (non-hydrogen) atoms. The van der Waals surface area contributed by atoms with Gasteiger partial charge in [0.1, 0.15) is 0 Å². The molecular formula is C16H19NO4S.